The van der Waals surface area contributed by atoms with Crippen LogP contribution in [0, 0.1) is 0 Å². The van der Waals surface area contributed by atoms with Crippen molar-refractivity contribution in [1.82, 2.24) is 0 Å². The maximum atomic E-state index is 5.35. The number of rotatable bonds is 2. The minimum Gasteiger partial charge on any atom is -0.454 e. The van der Waals surface area contributed by atoms with Crippen molar-refractivity contribution >= 4 is 6.21 Å². The van der Waals surface area contributed by atoms with Gasteiger partial charge in [-0.25, -0.2) is 0 Å². The molecule has 1 aromatic carbocycles. The molecule has 0 aromatic heterocycles. The molecular formula is C14H17NO2. The van der Waals surface area contributed by atoms with E-state index in [-0.39, 0.29) is 0 Å². The minimum atomic E-state index is 0.332. The van der Waals surface area contributed by atoms with Gasteiger partial charge in [0.25, 0.3) is 0 Å². The SMILES string of the molecule is C(=N/C1CCCCC1)/c1ccc2c(c1)OCO2. The topological polar surface area (TPSA) is 30.8 Å². The van der Waals surface area contributed by atoms with Gasteiger partial charge in [-0.05, 0) is 36.6 Å². The quantitative estimate of drug-likeness (QED) is 0.732. The molecule has 0 amide bonds. The zero-order valence-electron chi connectivity index (χ0n) is 9.89. The van der Waals surface area contributed by atoms with Crippen LogP contribution in [-0.2, 0) is 0 Å². The third-order valence-corrected chi connectivity index (χ3v) is 3.41. The third kappa shape index (κ3) is 2.43. The van der Waals surface area contributed by atoms with Crippen molar-refractivity contribution in [3.63, 3.8) is 0 Å². The second kappa shape index (κ2) is 4.78. The molecule has 0 N–H and O–H groups in total. The van der Waals surface area contributed by atoms with Gasteiger partial charge in [0.15, 0.2) is 11.5 Å². The molecule has 1 fully saturated rings. The number of aliphatic imine (C=N–C) groups is 1. The molecule has 0 unspecified atom stereocenters. The van der Waals surface area contributed by atoms with E-state index in [1.54, 1.807) is 0 Å². The molecule has 17 heavy (non-hydrogen) atoms. The Morgan fingerprint density at radius 1 is 1.06 bits per heavy atom. The highest BCUT2D eigenvalue weighted by Crippen LogP contribution is 2.32. The second-order valence-electron chi connectivity index (χ2n) is 4.68. The van der Waals surface area contributed by atoms with E-state index in [1.165, 1.54) is 32.1 Å². The molecule has 2 aliphatic rings. The third-order valence-electron chi connectivity index (χ3n) is 3.41. The fraction of sp³-hybridized carbons (Fsp3) is 0.500. The van der Waals surface area contributed by atoms with Gasteiger partial charge in [-0.1, -0.05) is 19.3 Å². The van der Waals surface area contributed by atoms with Crippen LogP contribution in [0.2, 0.25) is 0 Å². The normalized spacial score (nSPS) is 20.0. The van der Waals surface area contributed by atoms with Crippen LogP contribution in [-0.4, -0.2) is 19.0 Å². The Hall–Kier alpha value is -1.51. The zero-order valence-corrected chi connectivity index (χ0v) is 9.89. The Morgan fingerprint density at radius 2 is 1.88 bits per heavy atom. The van der Waals surface area contributed by atoms with E-state index in [2.05, 4.69) is 4.99 Å². The molecule has 3 nitrogen and oxygen atoms in total. The van der Waals surface area contributed by atoms with Crippen LogP contribution in [0.4, 0.5) is 0 Å². The first-order valence-electron chi connectivity index (χ1n) is 6.35. The van der Waals surface area contributed by atoms with Gasteiger partial charge in [0.2, 0.25) is 6.79 Å². The summed E-state index contributed by atoms with van der Waals surface area (Å²) in [5, 5.41) is 0. The monoisotopic (exact) mass is 231 g/mol. The number of fused-ring (bicyclic) bond motifs is 1. The van der Waals surface area contributed by atoms with E-state index in [0.717, 1.165) is 17.1 Å². The molecule has 1 aliphatic heterocycles. The summed E-state index contributed by atoms with van der Waals surface area (Å²) in [6, 6.07) is 6.49. The van der Waals surface area contributed by atoms with Gasteiger partial charge < -0.3 is 9.47 Å². The van der Waals surface area contributed by atoms with Gasteiger partial charge >= 0.3 is 0 Å². The molecule has 3 rings (SSSR count). The molecule has 0 spiro atoms. The lowest BCUT2D eigenvalue weighted by Gasteiger charge is -2.17. The molecule has 1 saturated carbocycles. The number of nitrogens with zero attached hydrogens (tertiary/aromatic N) is 1. The van der Waals surface area contributed by atoms with Crippen LogP contribution < -0.4 is 9.47 Å². The van der Waals surface area contributed by atoms with E-state index in [0.29, 0.717) is 12.8 Å². The molecule has 1 aliphatic carbocycles. The highest BCUT2D eigenvalue weighted by molar-refractivity contribution is 5.81. The van der Waals surface area contributed by atoms with Gasteiger partial charge in [-0.3, -0.25) is 4.99 Å². The van der Waals surface area contributed by atoms with E-state index >= 15 is 0 Å². The number of ether oxygens (including phenoxy) is 2. The molecule has 0 bridgehead atoms. The zero-order chi connectivity index (χ0) is 11.5. The van der Waals surface area contributed by atoms with Crippen LogP contribution in [0.3, 0.4) is 0 Å². The first-order chi connectivity index (χ1) is 8.42. The van der Waals surface area contributed by atoms with Gasteiger partial charge in [0, 0.05) is 12.3 Å². The largest absolute Gasteiger partial charge is 0.454 e. The summed E-state index contributed by atoms with van der Waals surface area (Å²) in [5.74, 6) is 1.66. The van der Waals surface area contributed by atoms with Crippen LogP contribution in [0.15, 0.2) is 23.2 Å². The molecule has 0 saturated heterocycles. The standard InChI is InChI=1S/C14H17NO2/c1-2-4-12(5-3-1)15-9-11-6-7-13-14(8-11)17-10-16-13/h6-9,12H,1-5,10H2/b15-9-. The van der Waals surface area contributed by atoms with Gasteiger partial charge in [-0.2, -0.15) is 0 Å². The van der Waals surface area contributed by atoms with E-state index in [4.69, 9.17) is 9.47 Å². The summed E-state index contributed by atoms with van der Waals surface area (Å²) in [4.78, 5) is 4.66. The van der Waals surface area contributed by atoms with Gasteiger partial charge in [0.1, 0.15) is 0 Å². The van der Waals surface area contributed by atoms with Crippen LogP contribution in [0.25, 0.3) is 0 Å². The van der Waals surface area contributed by atoms with Crippen molar-refractivity contribution < 1.29 is 9.47 Å². The predicted octanol–water partition coefficient (Wildman–Crippen LogP) is 3.17. The lowest BCUT2D eigenvalue weighted by molar-refractivity contribution is 0.174. The molecule has 90 valence electrons. The second-order valence-corrected chi connectivity index (χ2v) is 4.68. The summed E-state index contributed by atoms with van der Waals surface area (Å²) in [6.45, 7) is 0.332. The number of hydrogen-bond acceptors (Lipinski definition) is 3. The van der Waals surface area contributed by atoms with Crippen LogP contribution in [0.1, 0.15) is 37.7 Å². The summed E-state index contributed by atoms with van der Waals surface area (Å²) in [5.41, 5.74) is 1.10. The maximum absolute atomic E-state index is 5.35. The van der Waals surface area contributed by atoms with Crippen LogP contribution in [0.5, 0.6) is 11.5 Å². The van der Waals surface area contributed by atoms with Crippen molar-refractivity contribution in [3.8, 4) is 11.5 Å². The fourth-order valence-corrected chi connectivity index (χ4v) is 2.42. The lowest BCUT2D eigenvalue weighted by atomic mass is 9.96. The maximum Gasteiger partial charge on any atom is 0.231 e. The van der Waals surface area contributed by atoms with Gasteiger partial charge in [-0.15, -0.1) is 0 Å². The first-order valence-corrected chi connectivity index (χ1v) is 6.35. The van der Waals surface area contributed by atoms with E-state index in [9.17, 15) is 0 Å². The summed E-state index contributed by atoms with van der Waals surface area (Å²) in [6.07, 6.45) is 8.46. The Bertz CT molecular complexity index is 422. The van der Waals surface area contributed by atoms with Crippen molar-refractivity contribution in [2.75, 3.05) is 6.79 Å². The highest BCUT2D eigenvalue weighted by atomic mass is 16.7. The molecule has 3 heteroatoms. The van der Waals surface area contributed by atoms with E-state index in [1.807, 2.05) is 24.4 Å². The Morgan fingerprint density at radius 3 is 2.76 bits per heavy atom. The summed E-state index contributed by atoms with van der Waals surface area (Å²) in [7, 11) is 0. The minimum absolute atomic E-state index is 0.332. The molecule has 0 atom stereocenters. The predicted molar refractivity (Wildman–Crippen MR) is 67.0 cm³/mol. The Kier molecular flexibility index (Phi) is 2.99. The van der Waals surface area contributed by atoms with Crippen molar-refractivity contribution in [1.29, 1.82) is 0 Å². The summed E-state index contributed by atoms with van der Waals surface area (Å²) < 4.78 is 10.6. The average Bonchev–Trinajstić information content (AvgIpc) is 2.85. The Labute approximate surface area is 101 Å². The Balaban J connectivity index is 1.69. The molecular weight excluding hydrogens is 214 g/mol. The van der Waals surface area contributed by atoms with E-state index < -0.39 is 0 Å². The van der Waals surface area contributed by atoms with Crippen LogP contribution >= 0.6 is 0 Å². The molecule has 0 radical (unpaired) electrons. The smallest absolute Gasteiger partial charge is 0.231 e. The summed E-state index contributed by atoms with van der Waals surface area (Å²) >= 11 is 0. The lowest BCUT2D eigenvalue weighted by Crippen LogP contribution is -2.09. The first kappa shape index (κ1) is 10.6. The average molecular weight is 231 g/mol. The number of benzene rings is 1. The van der Waals surface area contributed by atoms with Crippen molar-refractivity contribution in [2.24, 2.45) is 4.99 Å². The van der Waals surface area contributed by atoms with Crippen molar-refractivity contribution in [2.45, 2.75) is 38.1 Å². The fourth-order valence-electron chi connectivity index (χ4n) is 2.42. The van der Waals surface area contributed by atoms with Crippen molar-refractivity contribution in [3.05, 3.63) is 23.8 Å². The molecule has 1 aromatic rings. The van der Waals surface area contributed by atoms with Gasteiger partial charge in [0.05, 0.1) is 0 Å². The highest BCUT2D eigenvalue weighted by Gasteiger charge is 2.13. The molecule has 1 heterocycles. The number of hydrogen-bond donors (Lipinski definition) is 0.